The zero-order valence-electron chi connectivity index (χ0n) is 21.3. The van der Waals surface area contributed by atoms with Crippen molar-refractivity contribution in [3.63, 3.8) is 0 Å². The lowest BCUT2D eigenvalue weighted by Gasteiger charge is -2.20. The van der Waals surface area contributed by atoms with Gasteiger partial charge in [0.05, 0.1) is 0 Å². The molecule has 0 unspecified atom stereocenters. The zero-order chi connectivity index (χ0) is 27.2. The van der Waals surface area contributed by atoms with E-state index in [1.54, 1.807) is 35.0 Å². The standard InChI is InChI=1S/C30H30N6O3/c31-27(35-39)23-13-11-20(12-14-23)17-34-29(37)26-16-15-24-18-32-28(30(38)36(24)26)33-19-25(21-7-3-1-4-8-21)22-9-5-2-6-10-22/h1-14,18,25-26,39H,15-17,19H2,(H2,31,35)(H,32,33)(H,34,37)/t26-/m0/s1. The predicted molar refractivity (Wildman–Crippen MR) is 150 cm³/mol. The summed E-state index contributed by atoms with van der Waals surface area (Å²) in [6.07, 6.45) is 2.82. The number of carbonyl (C=O) groups excluding carboxylic acids is 1. The fourth-order valence-electron chi connectivity index (χ4n) is 4.97. The number of amides is 1. The van der Waals surface area contributed by atoms with Gasteiger partial charge in [-0.3, -0.25) is 14.2 Å². The summed E-state index contributed by atoms with van der Waals surface area (Å²) in [5.41, 5.74) is 9.76. The van der Waals surface area contributed by atoms with Crippen LogP contribution in [-0.4, -0.2) is 33.0 Å². The van der Waals surface area contributed by atoms with E-state index in [9.17, 15) is 9.59 Å². The third-order valence-electron chi connectivity index (χ3n) is 7.06. The molecule has 1 amide bonds. The van der Waals surface area contributed by atoms with Crippen LogP contribution in [-0.2, 0) is 17.8 Å². The van der Waals surface area contributed by atoms with E-state index in [-0.39, 0.29) is 29.0 Å². The van der Waals surface area contributed by atoms with Crippen molar-refractivity contribution in [2.24, 2.45) is 10.9 Å². The van der Waals surface area contributed by atoms with Crippen LogP contribution in [0.2, 0.25) is 0 Å². The van der Waals surface area contributed by atoms with Crippen molar-refractivity contribution in [2.75, 3.05) is 11.9 Å². The molecule has 9 nitrogen and oxygen atoms in total. The highest BCUT2D eigenvalue weighted by molar-refractivity contribution is 5.97. The molecule has 5 rings (SSSR count). The molecule has 2 heterocycles. The number of benzene rings is 3. The molecule has 0 fully saturated rings. The first-order chi connectivity index (χ1) is 19.0. The summed E-state index contributed by atoms with van der Waals surface area (Å²) in [7, 11) is 0. The number of aromatic nitrogens is 2. The number of anilines is 1. The van der Waals surface area contributed by atoms with Crippen LogP contribution >= 0.6 is 0 Å². The van der Waals surface area contributed by atoms with Gasteiger partial charge >= 0.3 is 0 Å². The topological polar surface area (TPSA) is 135 Å². The minimum Gasteiger partial charge on any atom is -0.409 e. The van der Waals surface area contributed by atoms with E-state index < -0.39 is 6.04 Å². The quantitative estimate of drug-likeness (QED) is 0.115. The maximum atomic E-state index is 13.5. The SMILES string of the molecule is N/C(=N/O)c1ccc(CNC(=O)[C@@H]2CCc3cnc(NCC(c4ccccc4)c4ccccc4)c(=O)n32)cc1. The third-order valence-corrected chi connectivity index (χ3v) is 7.06. The van der Waals surface area contributed by atoms with Crippen LogP contribution in [0.25, 0.3) is 0 Å². The number of nitrogens with one attached hydrogen (secondary N) is 2. The molecule has 0 radical (unpaired) electrons. The van der Waals surface area contributed by atoms with E-state index in [0.29, 0.717) is 31.5 Å². The molecule has 0 aliphatic carbocycles. The summed E-state index contributed by atoms with van der Waals surface area (Å²) in [5.74, 6) is 0.0507. The maximum Gasteiger partial charge on any atom is 0.294 e. The van der Waals surface area contributed by atoms with Crippen molar-refractivity contribution in [2.45, 2.75) is 31.3 Å². The average Bonchev–Trinajstić information content (AvgIpc) is 3.43. The summed E-state index contributed by atoms with van der Waals surface area (Å²) < 4.78 is 1.56. The van der Waals surface area contributed by atoms with Crippen molar-refractivity contribution in [3.05, 3.63) is 129 Å². The van der Waals surface area contributed by atoms with Gasteiger partial charge < -0.3 is 21.6 Å². The van der Waals surface area contributed by atoms with E-state index in [1.165, 1.54) is 0 Å². The van der Waals surface area contributed by atoms with Crippen LogP contribution in [0, 0.1) is 0 Å². The fourth-order valence-corrected chi connectivity index (χ4v) is 4.97. The molecule has 198 valence electrons. The largest absolute Gasteiger partial charge is 0.409 e. The first-order valence-electron chi connectivity index (χ1n) is 12.8. The van der Waals surface area contributed by atoms with E-state index in [1.807, 2.05) is 36.4 Å². The Labute approximate surface area is 226 Å². The lowest BCUT2D eigenvalue weighted by molar-refractivity contribution is -0.124. The Morgan fingerprint density at radius 3 is 2.28 bits per heavy atom. The summed E-state index contributed by atoms with van der Waals surface area (Å²) in [5, 5.41) is 18.0. The molecule has 9 heteroatoms. The molecule has 1 aliphatic rings. The number of amidine groups is 1. The Morgan fingerprint density at radius 2 is 1.67 bits per heavy atom. The number of oxime groups is 1. The molecular weight excluding hydrogens is 492 g/mol. The molecule has 1 aliphatic heterocycles. The minimum atomic E-state index is -0.605. The van der Waals surface area contributed by atoms with Gasteiger partial charge in [-0.1, -0.05) is 90.1 Å². The van der Waals surface area contributed by atoms with Crippen LogP contribution in [0.1, 0.15) is 46.3 Å². The van der Waals surface area contributed by atoms with Gasteiger partial charge in [0.2, 0.25) is 5.91 Å². The van der Waals surface area contributed by atoms with Gasteiger partial charge in [-0.15, -0.1) is 0 Å². The van der Waals surface area contributed by atoms with E-state index >= 15 is 0 Å². The molecule has 39 heavy (non-hydrogen) atoms. The summed E-state index contributed by atoms with van der Waals surface area (Å²) in [6, 6.07) is 26.7. The highest BCUT2D eigenvalue weighted by Crippen LogP contribution is 2.26. The van der Waals surface area contributed by atoms with Crippen LogP contribution in [0.4, 0.5) is 5.82 Å². The number of nitrogens with two attached hydrogens (primary N) is 1. The average molecular weight is 523 g/mol. The molecule has 0 bridgehead atoms. The number of fused-ring (bicyclic) bond motifs is 1. The van der Waals surface area contributed by atoms with Crippen molar-refractivity contribution < 1.29 is 10.0 Å². The van der Waals surface area contributed by atoms with Crippen molar-refractivity contribution in [1.82, 2.24) is 14.9 Å². The van der Waals surface area contributed by atoms with Crippen molar-refractivity contribution in [1.29, 1.82) is 0 Å². The lowest BCUT2D eigenvalue weighted by atomic mass is 9.91. The number of aryl methyl sites for hydroxylation is 1. The number of hydrogen-bond acceptors (Lipinski definition) is 6. The highest BCUT2D eigenvalue weighted by atomic mass is 16.4. The van der Waals surface area contributed by atoms with E-state index in [4.69, 9.17) is 10.9 Å². The number of rotatable bonds is 9. The van der Waals surface area contributed by atoms with Gasteiger partial charge in [-0.25, -0.2) is 4.98 Å². The predicted octanol–water partition coefficient (Wildman–Crippen LogP) is 3.39. The Balaban J connectivity index is 1.30. The first-order valence-corrected chi connectivity index (χ1v) is 12.8. The second-order valence-electron chi connectivity index (χ2n) is 9.48. The van der Waals surface area contributed by atoms with Crippen molar-refractivity contribution in [3.8, 4) is 0 Å². The monoisotopic (exact) mass is 522 g/mol. The molecule has 0 spiro atoms. The van der Waals surface area contributed by atoms with Gasteiger partial charge in [0.1, 0.15) is 6.04 Å². The minimum absolute atomic E-state index is 0.0180. The number of hydrogen-bond donors (Lipinski definition) is 4. The van der Waals surface area contributed by atoms with Gasteiger partial charge in [0.15, 0.2) is 11.7 Å². The van der Waals surface area contributed by atoms with Gasteiger partial charge in [-0.2, -0.15) is 0 Å². The molecule has 0 saturated heterocycles. The molecule has 0 saturated carbocycles. The Morgan fingerprint density at radius 1 is 1.03 bits per heavy atom. The summed E-state index contributed by atoms with van der Waals surface area (Å²) in [4.78, 5) is 31.0. The number of nitrogens with zero attached hydrogens (tertiary/aromatic N) is 3. The normalized spacial score (nSPS) is 14.7. The molecule has 3 aromatic carbocycles. The van der Waals surface area contributed by atoms with E-state index in [0.717, 1.165) is 22.4 Å². The van der Waals surface area contributed by atoms with Gasteiger partial charge in [0, 0.05) is 36.5 Å². The molecule has 1 atom stereocenters. The summed E-state index contributed by atoms with van der Waals surface area (Å²) in [6.45, 7) is 0.774. The Hall–Kier alpha value is -4.92. The second kappa shape index (κ2) is 11.6. The van der Waals surface area contributed by atoms with Crippen LogP contribution in [0.5, 0.6) is 0 Å². The maximum absolute atomic E-state index is 13.5. The Bertz CT molecular complexity index is 1480. The smallest absolute Gasteiger partial charge is 0.294 e. The Kier molecular flexibility index (Phi) is 7.68. The third kappa shape index (κ3) is 5.67. The van der Waals surface area contributed by atoms with Crippen molar-refractivity contribution >= 4 is 17.6 Å². The molecular formula is C30H30N6O3. The van der Waals surface area contributed by atoms with Crippen LogP contribution in [0.15, 0.2) is 101 Å². The zero-order valence-corrected chi connectivity index (χ0v) is 21.3. The van der Waals surface area contributed by atoms with E-state index in [2.05, 4.69) is 45.0 Å². The molecule has 1 aromatic heterocycles. The summed E-state index contributed by atoms with van der Waals surface area (Å²) >= 11 is 0. The van der Waals surface area contributed by atoms with Gasteiger partial charge in [-0.05, 0) is 29.5 Å². The second-order valence-corrected chi connectivity index (χ2v) is 9.48. The molecule has 5 N–H and O–H groups in total. The molecule has 4 aromatic rings. The van der Waals surface area contributed by atoms with Crippen LogP contribution < -0.4 is 21.9 Å². The first kappa shape index (κ1) is 25.7. The number of carbonyl (C=O) groups is 1. The van der Waals surface area contributed by atoms with Gasteiger partial charge in [0.25, 0.3) is 5.56 Å². The highest BCUT2D eigenvalue weighted by Gasteiger charge is 2.30. The lowest BCUT2D eigenvalue weighted by Crippen LogP contribution is -2.36. The fraction of sp³-hybridized carbons (Fsp3) is 0.200. The van der Waals surface area contributed by atoms with Crippen LogP contribution in [0.3, 0.4) is 0 Å².